The van der Waals surface area contributed by atoms with Crippen molar-refractivity contribution in [3.8, 4) is 0 Å². The molecule has 2 N–H and O–H groups in total. The molecule has 94 valence electrons. The third kappa shape index (κ3) is 3.97. The van der Waals surface area contributed by atoms with Crippen LogP contribution in [0, 0.1) is 0 Å². The van der Waals surface area contributed by atoms with E-state index in [1.807, 2.05) is 18.2 Å². The molecule has 0 aliphatic heterocycles. The Labute approximate surface area is 105 Å². The number of nitrogens with one attached hydrogen (secondary N) is 2. The minimum absolute atomic E-state index is 0.0222. The maximum absolute atomic E-state index is 11.5. The van der Waals surface area contributed by atoms with Crippen LogP contribution in [0.2, 0.25) is 0 Å². The highest BCUT2D eigenvalue weighted by Gasteiger charge is 2.03. The van der Waals surface area contributed by atoms with Crippen LogP contribution in [0.4, 0.5) is 0 Å². The summed E-state index contributed by atoms with van der Waals surface area (Å²) in [5.41, 5.74) is 1.75. The van der Waals surface area contributed by atoms with Crippen LogP contribution in [0.25, 0.3) is 0 Å². The number of aromatic nitrogens is 4. The van der Waals surface area contributed by atoms with Crippen LogP contribution in [-0.2, 0) is 17.8 Å². The first kappa shape index (κ1) is 12.2. The zero-order chi connectivity index (χ0) is 12.6. The Morgan fingerprint density at radius 3 is 3.00 bits per heavy atom. The predicted molar refractivity (Wildman–Crippen MR) is 65.4 cm³/mol. The Morgan fingerprint density at radius 2 is 2.28 bits per heavy atom. The highest BCUT2D eigenvalue weighted by molar-refractivity contribution is 5.75. The predicted octanol–water partition coefficient (Wildman–Crippen LogP) is 0.839. The Bertz CT molecular complexity index is 468. The lowest BCUT2D eigenvalue weighted by atomic mass is 10.1. The molecule has 0 aromatic carbocycles. The fraction of sp³-hybridized carbons (Fsp3) is 0.333. The monoisotopic (exact) mass is 245 g/mol. The number of carbonyl (C=O) groups excluding carboxylic acids is 1. The van der Waals surface area contributed by atoms with Crippen LogP contribution in [0.15, 0.2) is 30.6 Å². The van der Waals surface area contributed by atoms with Crippen LogP contribution in [0.5, 0.6) is 0 Å². The van der Waals surface area contributed by atoms with Crippen LogP contribution in [0.3, 0.4) is 0 Å². The van der Waals surface area contributed by atoms with Gasteiger partial charge in [-0.25, -0.2) is 0 Å². The molecule has 6 nitrogen and oxygen atoms in total. The summed E-state index contributed by atoms with van der Waals surface area (Å²) in [7, 11) is 0. The summed E-state index contributed by atoms with van der Waals surface area (Å²) in [4.78, 5) is 15.7. The van der Waals surface area contributed by atoms with Crippen molar-refractivity contribution in [2.45, 2.75) is 25.8 Å². The number of amides is 1. The van der Waals surface area contributed by atoms with Gasteiger partial charge in [0.1, 0.15) is 5.69 Å². The third-order valence-electron chi connectivity index (χ3n) is 2.49. The Balaban J connectivity index is 1.63. The summed E-state index contributed by atoms with van der Waals surface area (Å²) in [6.45, 7) is 0.416. The smallest absolute Gasteiger partial charge is 0.220 e. The molecule has 2 heterocycles. The van der Waals surface area contributed by atoms with Crippen LogP contribution in [-0.4, -0.2) is 26.3 Å². The largest absolute Gasteiger partial charge is 0.350 e. The number of aryl methyl sites for hydroxylation is 1. The Hall–Kier alpha value is -2.24. The average molecular weight is 245 g/mol. The van der Waals surface area contributed by atoms with Gasteiger partial charge in [-0.1, -0.05) is 6.07 Å². The van der Waals surface area contributed by atoms with E-state index >= 15 is 0 Å². The maximum Gasteiger partial charge on any atom is 0.220 e. The van der Waals surface area contributed by atoms with Crippen molar-refractivity contribution in [2.75, 3.05) is 0 Å². The third-order valence-corrected chi connectivity index (χ3v) is 2.49. The van der Waals surface area contributed by atoms with Gasteiger partial charge in [0.2, 0.25) is 5.91 Å². The first-order valence-electron chi connectivity index (χ1n) is 5.86. The average Bonchev–Trinajstić information content (AvgIpc) is 2.91. The van der Waals surface area contributed by atoms with Gasteiger partial charge < -0.3 is 5.32 Å². The molecule has 2 aromatic rings. The molecule has 0 aliphatic rings. The second-order valence-corrected chi connectivity index (χ2v) is 3.91. The summed E-state index contributed by atoms with van der Waals surface area (Å²) in [5, 5.41) is 12.8. The quantitative estimate of drug-likeness (QED) is 0.790. The minimum atomic E-state index is 0.0222. The fourth-order valence-corrected chi connectivity index (χ4v) is 1.56. The van der Waals surface area contributed by atoms with E-state index in [4.69, 9.17) is 0 Å². The maximum atomic E-state index is 11.5. The van der Waals surface area contributed by atoms with E-state index < -0.39 is 0 Å². The van der Waals surface area contributed by atoms with Crippen LogP contribution in [0.1, 0.15) is 24.2 Å². The van der Waals surface area contributed by atoms with Gasteiger partial charge in [-0.2, -0.15) is 15.4 Å². The molecule has 6 heteroatoms. The van der Waals surface area contributed by atoms with E-state index in [1.54, 1.807) is 12.4 Å². The van der Waals surface area contributed by atoms with Crippen molar-refractivity contribution >= 4 is 5.91 Å². The molecule has 0 atom stereocenters. The van der Waals surface area contributed by atoms with E-state index in [0.29, 0.717) is 13.0 Å². The van der Waals surface area contributed by atoms with Gasteiger partial charge in [-0.05, 0) is 25.0 Å². The van der Waals surface area contributed by atoms with E-state index in [0.717, 1.165) is 24.2 Å². The zero-order valence-corrected chi connectivity index (χ0v) is 9.97. The SMILES string of the molecule is O=C(CCCc1ccccn1)NCc1cn[nH]n1. The zero-order valence-electron chi connectivity index (χ0n) is 9.97. The van der Waals surface area contributed by atoms with Crippen LogP contribution >= 0.6 is 0 Å². The van der Waals surface area contributed by atoms with E-state index in [1.165, 1.54) is 0 Å². The second kappa shape index (κ2) is 6.48. The van der Waals surface area contributed by atoms with Crippen molar-refractivity contribution in [3.63, 3.8) is 0 Å². The summed E-state index contributed by atoms with van der Waals surface area (Å²) >= 11 is 0. The van der Waals surface area contributed by atoms with Gasteiger partial charge in [0, 0.05) is 18.3 Å². The number of hydrogen-bond acceptors (Lipinski definition) is 4. The van der Waals surface area contributed by atoms with Crippen molar-refractivity contribution in [2.24, 2.45) is 0 Å². The van der Waals surface area contributed by atoms with Crippen molar-refractivity contribution in [1.82, 2.24) is 25.7 Å². The standard InChI is InChI=1S/C12H15N5O/c18-12(14-8-11-9-15-17-16-11)6-3-5-10-4-1-2-7-13-10/h1-2,4,7,9H,3,5-6,8H2,(H,14,18)(H,15,16,17). The Kier molecular flexibility index (Phi) is 4.40. The number of H-pyrrole nitrogens is 1. The molecule has 0 bridgehead atoms. The molecule has 0 aliphatic carbocycles. The highest BCUT2D eigenvalue weighted by Crippen LogP contribution is 2.01. The van der Waals surface area contributed by atoms with Gasteiger partial charge in [0.05, 0.1) is 12.7 Å². The molecule has 2 rings (SSSR count). The molecule has 0 spiro atoms. The van der Waals surface area contributed by atoms with Crippen molar-refractivity contribution in [3.05, 3.63) is 42.0 Å². The molecule has 0 saturated carbocycles. The van der Waals surface area contributed by atoms with Crippen LogP contribution < -0.4 is 5.32 Å². The molecule has 0 radical (unpaired) electrons. The van der Waals surface area contributed by atoms with Crippen molar-refractivity contribution in [1.29, 1.82) is 0 Å². The molecule has 0 unspecified atom stereocenters. The number of carbonyl (C=O) groups is 1. The van der Waals surface area contributed by atoms with Gasteiger partial charge in [0.25, 0.3) is 0 Å². The lowest BCUT2D eigenvalue weighted by Gasteiger charge is -2.02. The topological polar surface area (TPSA) is 83.6 Å². The van der Waals surface area contributed by atoms with E-state index in [2.05, 4.69) is 25.7 Å². The molecule has 1 amide bonds. The molecular weight excluding hydrogens is 230 g/mol. The summed E-state index contributed by atoms with van der Waals surface area (Å²) in [5.74, 6) is 0.0222. The first-order valence-corrected chi connectivity index (χ1v) is 5.86. The normalized spacial score (nSPS) is 10.2. The van der Waals surface area contributed by atoms with Gasteiger partial charge >= 0.3 is 0 Å². The molecule has 2 aromatic heterocycles. The summed E-state index contributed by atoms with van der Waals surface area (Å²) < 4.78 is 0. The number of hydrogen-bond donors (Lipinski definition) is 2. The molecule has 0 fully saturated rings. The fourth-order valence-electron chi connectivity index (χ4n) is 1.56. The number of nitrogens with zero attached hydrogens (tertiary/aromatic N) is 3. The number of rotatable bonds is 6. The summed E-state index contributed by atoms with van der Waals surface area (Å²) in [6.07, 6.45) is 5.46. The summed E-state index contributed by atoms with van der Waals surface area (Å²) in [6, 6.07) is 5.80. The number of pyridine rings is 1. The molecule has 18 heavy (non-hydrogen) atoms. The lowest BCUT2D eigenvalue weighted by Crippen LogP contribution is -2.22. The highest BCUT2D eigenvalue weighted by atomic mass is 16.1. The van der Waals surface area contributed by atoms with Gasteiger partial charge in [-0.15, -0.1) is 0 Å². The van der Waals surface area contributed by atoms with Gasteiger partial charge in [0.15, 0.2) is 0 Å². The van der Waals surface area contributed by atoms with Gasteiger partial charge in [-0.3, -0.25) is 9.78 Å². The Morgan fingerprint density at radius 1 is 1.33 bits per heavy atom. The first-order chi connectivity index (χ1) is 8.84. The lowest BCUT2D eigenvalue weighted by molar-refractivity contribution is -0.121. The van der Waals surface area contributed by atoms with E-state index in [9.17, 15) is 4.79 Å². The van der Waals surface area contributed by atoms with E-state index in [-0.39, 0.29) is 5.91 Å². The molecule has 0 saturated heterocycles. The second-order valence-electron chi connectivity index (χ2n) is 3.91. The minimum Gasteiger partial charge on any atom is -0.350 e. The van der Waals surface area contributed by atoms with Crippen molar-refractivity contribution < 1.29 is 4.79 Å². The number of aromatic amines is 1. The molecular formula is C12H15N5O.